The monoisotopic (exact) mass is 347 g/mol. The van der Waals surface area contributed by atoms with Crippen LogP contribution in [0.4, 0.5) is 0 Å². The molecule has 5 nitrogen and oxygen atoms in total. The fraction of sp³-hybridized carbons (Fsp3) is 0.611. The maximum absolute atomic E-state index is 12.3. The summed E-state index contributed by atoms with van der Waals surface area (Å²) < 4.78 is 5.63. The second kappa shape index (κ2) is 8.42. The molecule has 1 aliphatic carbocycles. The summed E-state index contributed by atoms with van der Waals surface area (Å²) in [6.45, 7) is 2.16. The largest absolute Gasteiger partial charge is 0.421 e. The van der Waals surface area contributed by atoms with Crippen molar-refractivity contribution in [3.63, 3.8) is 0 Å². The third-order valence-corrected chi connectivity index (χ3v) is 5.49. The van der Waals surface area contributed by atoms with E-state index in [1.54, 1.807) is 11.3 Å². The zero-order chi connectivity index (χ0) is 16.8. The number of thiophene rings is 1. The molecule has 0 unspecified atom stereocenters. The lowest BCUT2D eigenvalue weighted by Crippen LogP contribution is -2.40. The molecule has 3 rings (SSSR count). The first kappa shape index (κ1) is 17.1. The summed E-state index contributed by atoms with van der Waals surface area (Å²) >= 11 is 1.59. The fourth-order valence-electron chi connectivity index (χ4n) is 3.45. The highest BCUT2D eigenvalue weighted by atomic mass is 32.1. The van der Waals surface area contributed by atoms with Crippen molar-refractivity contribution in [2.24, 2.45) is 5.92 Å². The molecule has 1 saturated carbocycles. The van der Waals surface area contributed by atoms with Gasteiger partial charge < -0.3 is 9.73 Å². The third kappa shape index (κ3) is 4.44. The number of carbonyl (C=O) groups is 1. The molecule has 0 aromatic carbocycles. The Balaban J connectivity index is 1.48. The van der Waals surface area contributed by atoms with Gasteiger partial charge in [0.25, 0.3) is 0 Å². The van der Waals surface area contributed by atoms with Gasteiger partial charge >= 0.3 is 0 Å². The Morgan fingerprint density at radius 2 is 2.21 bits per heavy atom. The lowest BCUT2D eigenvalue weighted by Gasteiger charge is -2.30. The van der Waals surface area contributed by atoms with Gasteiger partial charge in [-0.05, 0) is 36.6 Å². The van der Waals surface area contributed by atoms with Crippen molar-refractivity contribution < 1.29 is 9.21 Å². The number of rotatable bonds is 7. The standard InChI is InChI=1S/C18H25N3O2S/c1-2-15(13-6-4-3-5-7-13)19-16(22)8-9-17-20-21-18(23-17)14-10-11-24-12-14/h10-13,15H,2-9H2,1H3,(H,19,22)/t15-/m1/s1. The van der Waals surface area contributed by atoms with Crippen molar-refractivity contribution in [3.8, 4) is 11.5 Å². The number of hydrogen-bond donors (Lipinski definition) is 1. The molecular weight excluding hydrogens is 322 g/mol. The molecule has 2 aromatic heterocycles. The SMILES string of the molecule is CC[C@@H](NC(=O)CCc1nnc(-c2ccsc2)o1)C1CCCCC1. The van der Waals surface area contributed by atoms with Crippen molar-refractivity contribution in [2.45, 2.75) is 64.3 Å². The van der Waals surface area contributed by atoms with Crippen LogP contribution < -0.4 is 5.32 Å². The molecule has 1 N–H and O–H groups in total. The van der Waals surface area contributed by atoms with Gasteiger partial charge in [0.05, 0.1) is 0 Å². The molecule has 1 fully saturated rings. The Morgan fingerprint density at radius 1 is 1.38 bits per heavy atom. The summed E-state index contributed by atoms with van der Waals surface area (Å²) in [5, 5.41) is 15.2. The average Bonchev–Trinajstić information content (AvgIpc) is 3.29. The Bertz CT molecular complexity index is 632. The first-order valence-electron chi connectivity index (χ1n) is 8.90. The van der Waals surface area contributed by atoms with Crippen LogP contribution in [0.2, 0.25) is 0 Å². The summed E-state index contributed by atoms with van der Waals surface area (Å²) in [4.78, 5) is 12.3. The number of amides is 1. The second-order valence-electron chi connectivity index (χ2n) is 6.49. The lowest BCUT2D eigenvalue weighted by atomic mass is 9.83. The van der Waals surface area contributed by atoms with Crippen LogP contribution in [-0.2, 0) is 11.2 Å². The molecule has 0 aliphatic heterocycles. The predicted molar refractivity (Wildman–Crippen MR) is 94.7 cm³/mol. The Hall–Kier alpha value is -1.69. The fourth-order valence-corrected chi connectivity index (χ4v) is 4.08. The van der Waals surface area contributed by atoms with Gasteiger partial charge in [-0.1, -0.05) is 26.2 Å². The van der Waals surface area contributed by atoms with Crippen LogP contribution in [0.5, 0.6) is 0 Å². The lowest BCUT2D eigenvalue weighted by molar-refractivity contribution is -0.122. The van der Waals surface area contributed by atoms with E-state index in [0.717, 1.165) is 12.0 Å². The number of aromatic nitrogens is 2. The van der Waals surface area contributed by atoms with Crippen LogP contribution in [0.25, 0.3) is 11.5 Å². The van der Waals surface area contributed by atoms with Crippen LogP contribution >= 0.6 is 11.3 Å². The Morgan fingerprint density at radius 3 is 2.92 bits per heavy atom. The van der Waals surface area contributed by atoms with Gasteiger partial charge in [0.2, 0.25) is 17.7 Å². The minimum Gasteiger partial charge on any atom is -0.421 e. The zero-order valence-corrected chi connectivity index (χ0v) is 15.0. The van der Waals surface area contributed by atoms with Crippen molar-refractivity contribution in [1.82, 2.24) is 15.5 Å². The van der Waals surface area contributed by atoms with Gasteiger partial charge in [-0.2, -0.15) is 11.3 Å². The number of aryl methyl sites for hydroxylation is 1. The van der Waals surface area contributed by atoms with E-state index in [4.69, 9.17) is 4.42 Å². The topological polar surface area (TPSA) is 68.0 Å². The predicted octanol–water partition coefficient (Wildman–Crippen LogP) is 4.21. The molecule has 0 spiro atoms. The number of nitrogens with zero attached hydrogens (tertiary/aromatic N) is 2. The summed E-state index contributed by atoms with van der Waals surface area (Å²) in [5.74, 6) is 1.78. The molecule has 1 aliphatic rings. The van der Waals surface area contributed by atoms with Gasteiger partial charge in [0.15, 0.2) is 0 Å². The highest BCUT2D eigenvalue weighted by Crippen LogP contribution is 2.27. The summed E-state index contributed by atoms with van der Waals surface area (Å²) in [6, 6.07) is 2.26. The van der Waals surface area contributed by atoms with Crippen LogP contribution in [-0.4, -0.2) is 22.1 Å². The van der Waals surface area contributed by atoms with Crippen molar-refractivity contribution in [1.29, 1.82) is 0 Å². The summed E-state index contributed by atoms with van der Waals surface area (Å²) in [5.41, 5.74) is 0.937. The van der Waals surface area contributed by atoms with Gasteiger partial charge in [0, 0.05) is 29.8 Å². The maximum Gasteiger partial charge on any atom is 0.248 e. The van der Waals surface area contributed by atoms with Gasteiger partial charge in [0.1, 0.15) is 0 Å². The molecule has 0 radical (unpaired) electrons. The second-order valence-corrected chi connectivity index (χ2v) is 7.27. The van der Waals surface area contributed by atoms with Crippen molar-refractivity contribution in [2.75, 3.05) is 0 Å². The smallest absolute Gasteiger partial charge is 0.248 e. The summed E-state index contributed by atoms with van der Waals surface area (Å²) in [7, 11) is 0. The highest BCUT2D eigenvalue weighted by molar-refractivity contribution is 7.08. The summed E-state index contributed by atoms with van der Waals surface area (Å²) in [6.07, 6.45) is 8.30. The molecule has 6 heteroatoms. The van der Waals surface area contributed by atoms with E-state index >= 15 is 0 Å². The number of nitrogens with one attached hydrogen (secondary N) is 1. The molecule has 1 atom stereocenters. The van der Waals surface area contributed by atoms with E-state index in [1.165, 1.54) is 32.1 Å². The van der Waals surface area contributed by atoms with E-state index in [0.29, 0.717) is 36.6 Å². The molecule has 24 heavy (non-hydrogen) atoms. The minimum atomic E-state index is 0.0858. The molecule has 2 aromatic rings. The van der Waals surface area contributed by atoms with E-state index in [-0.39, 0.29) is 5.91 Å². The van der Waals surface area contributed by atoms with Crippen molar-refractivity contribution >= 4 is 17.2 Å². The quantitative estimate of drug-likeness (QED) is 0.815. The molecule has 0 bridgehead atoms. The third-order valence-electron chi connectivity index (χ3n) is 4.81. The van der Waals surface area contributed by atoms with E-state index in [1.807, 2.05) is 16.8 Å². The number of carbonyl (C=O) groups excluding carboxylic acids is 1. The Kier molecular flexibility index (Phi) is 6.01. The van der Waals surface area contributed by atoms with E-state index in [2.05, 4.69) is 22.4 Å². The maximum atomic E-state index is 12.3. The minimum absolute atomic E-state index is 0.0858. The first-order chi connectivity index (χ1) is 11.8. The van der Waals surface area contributed by atoms with E-state index < -0.39 is 0 Å². The van der Waals surface area contributed by atoms with Gasteiger partial charge in [-0.25, -0.2) is 0 Å². The zero-order valence-electron chi connectivity index (χ0n) is 14.2. The normalized spacial score (nSPS) is 16.9. The van der Waals surface area contributed by atoms with Crippen LogP contribution in [0.15, 0.2) is 21.2 Å². The molecule has 130 valence electrons. The molecule has 0 saturated heterocycles. The Labute approximate surface area is 146 Å². The van der Waals surface area contributed by atoms with Gasteiger partial charge in [-0.15, -0.1) is 10.2 Å². The van der Waals surface area contributed by atoms with Crippen molar-refractivity contribution in [3.05, 3.63) is 22.7 Å². The molecule has 2 heterocycles. The molecule has 1 amide bonds. The molecular formula is C18H25N3O2S. The van der Waals surface area contributed by atoms with Crippen LogP contribution in [0, 0.1) is 5.92 Å². The van der Waals surface area contributed by atoms with Gasteiger partial charge in [-0.3, -0.25) is 4.79 Å². The number of hydrogen-bond acceptors (Lipinski definition) is 5. The van der Waals surface area contributed by atoms with E-state index in [9.17, 15) is 4.79 Å². The van der Waals surface area contributed by atoms with Crippen LogP contribution in [0.1, 0.15) is 57.8 Å². The van der Waals surface area contributed by atoms with Crippen LogP contribution in [0.3, 0.4) is 0 Å². The average molecular weight is 347 g/mol. The highest BCUT2D eigenvalue weighted by Gasteiger charge is 2.23. The first-order valence-corrected chi connectivity index (χ1v) is 9.85.